The number of hydrogen-bond acceptors (Lipinski definition) is 4. The molecule has 1 rings (SSSR count). The Morgan fingerprint density at radius 3 is 2.80 bits per heavy atom. The van der Waals surface area contributed by atoms with E-state index in [-0.39, 0.29) is 6.02 Å². The second-order valence-corrected chi connectivity index (χ2v) is 2.05. The highest BCUT2D eigenvalue weighted by Gasteiger charge is 2.17. The van der Waals surface area contributed by atoms with E-state index < -0.39 is 6.35 Å². The van der Waals surface area contributed by atoms with Gasteiger partial charge in [-0.1, -0.05) is 0 Å². The van der Waals surface area contributed by atoms with Gasteiger partial charge in [0, 0.05) is 7.05 Å². The molecule has 2 N–H and O–H groups in total. The van der Waals surface area contributed by atoms with Crippen molar-refractivity contribution < 1.29 is 10.2 Å². The van der Waals surface area contributed by atoms with Crippen molar-refractivity contribution in [1.82, 2.24) is 4.90 Å². The maximum atomic E-state index is 9.02. The maximum Gasteiger partial charge on any atom is 0.293 e. The molecule has 1 aliphatic rings. The lowest BCUT2D eigenvalue weighted by atomic mass is 10.1. The van der Waals surface area contributed by atoms with Crippen LogP contribution in [0.2, 0.25) is 0 Å². The van der Waals surface area contributed by atoms with Gasteiger partial charge in [0.1, 0.15) is 0 Å². The minimum absolute atomic E-state index is 0.208. The largest absolute Gasteiger partial charge is 0.480 e. The van der Waals surface area contributed by atoms with E-state index in [1.54, 1.807) is 7.85 Å². The van der Waals surface area contributed by atoms with Gasteiger partial charge in [-0.05, 0) is 0 Å². The van der Waals surface area contributed by atoms with E-state index in [0.717, 1.165) is 4.90 Å². The summed E-state index contributed by atoms with van der Waals surface area (Å²) in [5, 5.41) is 18.0. The third kappa shape index (κ3) is 1.11. The molecule has 10 heavy (non-hydrogen) atoms. The van der Waals surface area contributed by atoms with Crippen LogP contribution in [0.1, 0.15) is 0 Å². The first kappa shape index (κ1) is 7.08. The van der Waals surface area contributed by atoms with Crippen LogP contribution in [-0.4, -0.2) is 48.1 Å². The summed E-state index contributed by atoms with van der Waals surface area (Å²) in [4.78, 5) is 8.43. The third-order valence-corrected chi connectivity index (χ3v) is 1.23. The molecule has 0 aromatic carbocycles. The highest BCUT2D eigenvalue weighted by molar-refractivity contribution is 6.60. The molecule has 0 saturated carbocycles. The Morgan fingerprint density at radius 2 is 2.30 bits per heavy atom. The molecular weight excluding hydrogens is 133 g/mol. The van der Waals surface area contributed by atoms with Crippen LogP contribution in [0, 0.1) is 0 Å². The first-order valence-corrected chi connectivity index (χ1v) is 2.84. The second kappa shape index (κ2) is 2.30. The van der Waals surface area contributed by atoms with E-state index in [1.165, 1.54) is 7.05 Å². The summed E-state index contributed by atoms with van der Waals surface area (Å²) in [5.41, 5.74) is 0.378. The van der Waals surface area contributed by atoms with Crippen molar-refractivity contribution >= 4 is 19.6 Å². The Hall–Kier alpha value is -1.04. The number of aliphatic hydroxyl groups is 2. The minimum Gasteiger partial charge on any atom is -0.480 e. The first-order chi connectivity index (χ1) is 4.61. The Morgan fingerprint density at radius 1 is 1.70 bits per heavy atom. The first-order valence-electron chi connectivity index (χ1n) is 2.84. The Labute approximate surface area is 59.1 Å². The summed E-state index contributed by atoms with van der Waals surface area (Å²) >= 11 is 0. The molecule has 54 valence electrons. The Balaban J connectivity index is 2.85. The van der Waals surface area contributed by atoms with Gasteiger partial charge in [-0.2, -0.15) is 4.99 Å². The number of amidine groups is 2. The molecule has 1 unspecified atom stereocenters. The van der Waals surface area contributed by atoms with E-state index in [1.807, 2.05) is 0 Å². The lowest BCUT2D eigenvalue weighted by molar-refractivity contribution is 0.0633. The standard InChI is InChI=1S/C4H8BN3O2/c1-8-3(9)6-2(5)7-4(8)10/h3,9H,5H2,1H3,(H,6,7,10). The number of hydrogen-bond donors (Lipinski definition) is 2. The number of aliphatic hydroxyl groups excluding tert-OH is 2. The van der Waals surface area contributed by atoms with Gasteiger partial charge in [0.25, 0.3) is 6.02 Å². The molecule has 0 aromatic heterocycles. The molecule has 0 aromatic rings. The normalized spacial score (nSPS) is 25.8. The van der Waals surface area contributed by atoms with Crippen LogP contribution in [-0.2, 0) is 0 Å². The molecule has 0 saturated heterocycles. The van der Waals surface area contributed by atoms with Gasteiger partial charge in [0.15, 0.2) is 7.85 Å². The summed E-state index contributed by atoms with van der Waals surface area (Å²) in [7, 11) is 3.10. The van der Waals surface area contributed by atoms with E-state index >= 15 is 0 Å². The smallest absolute Gasteiger partial charge is 0.293 e. The quantitative estimate of drug-likeness (QED) is 0.387. The van der Waals surface area contributed by atoms with E-state index in [2.05, 4.69) is 9.98 Å². The summed E-state index contributed by atoms with van der Waals surface area (Å²) in [6, 6.07) is -0.208. The van der Waals surface area contributed by atoms with Gasteiger partial charge in [-0.3, -0.25) is 4.90 Å². The molecule has 1 aliphatic heterocycles. The Bertz CT molecular complexity index is 203. The number of nitrogens with zero attached hydrogens (tertiary/aromatic N) is 3. The zero-order valence-electron chi connectivity index (χ0n) is 5.81. The van der Waals surface area contributed by atoms with Crippen molar-refractivity contribution in [2.45, 2.75) is 6.35 Å². The lowest BCUT2D eigenvalue weighted by Crippen LogP contribution is -2.39. The van der Waals surface area contributed by atoms with Crippen LogP contribution in [0.5, 0.6) is 0 Å². The summed E-state index contributed by atoms with van der Waals surface area (Å²) in [5.74, 6) is 0. The van der Waals surface area contributed by atoms with Crippen LogP contribution in [0.4, 0.5) is 0 Å². The molecular formula is C4H8BN3O2. The van der Waals surface area contributed by atoms with Gasteiger partial charge in [0.05, 0.1) is 5.73 Å². The molecule has 0 bridgehead atoms. The monoisotopic (exact) mass is 141 g/mol. The fraction of sp³-hybridized carbons (Fsp3) is 0.500. The zero-order chi connectivity index (χ0) is 7.72. The molecule has 5 nitrogen and oxygen atoms in total. The van der Waals surface area contributed by atoms with Crippen molar-refractivity contribution in [1.29, 1.82) is 0 Å². The van der Waals surface area contributed by atoms with E-state index in [4.69, 9.17) is 10.2 Å². The Kier molecular flexibility index (Phi) is 1.63. The zero-order valence-corrected chi connectivity index (χ0v) is 5.81. The molecule has 0 aliphatic carbocycles. The van der Waals surface area contributed by atoms with Gasteiger partial charge in [-0.25, -0.2) is 4.99 Å². The topological polar surface area (TPSA) is 68.4 Å². The van der Waals surface area contributed by atoms with Crippen LogP contribution in [0.25, 0.3) is 0 Å². The summed E-state index contributed by atoms with van der Waals surface area (Å²) in [6.45, 7) is 0. The van der Waals surface area contributed by atoms with Gasteiger partial charge in [0.2, 0.25) is 6.35 Å². The average Bonchev–Trinajstić information content (AvgIpc) is 1.82. The van der Waals surface area contributed by atoms with Gasteiger partial charge >= 0.3 is 0 Å². The highest BCUT2D eigenvalue weighted by Crippen LogP contribution is 2.00. The van der Waals surface area contributed by atoms with Crippen LogP contribution in [0.15, 0.2) is 9.98 Å². The van der Waals surface area contributed by atoms with Crippen molar-refractivity contribution in [2.75, 3.05) is 7.05 Å². The van der Waals surface area contributed by atoms with Gasteiger partial charge < -0.3 is 10.2 Å². The predicted molar refractivity (Wildman–Crippen MR) is 39.8 cm³/mol. The third-order valence-electron chi connectivity index (χ3n) is 1.23. The van der Waals surface area contributed by atoms with Crippen LogP contribution < -0.4 is 0 Å². The highest BCUT2D eigenvalue weighted by atomic mass is 16.3. The fourth-order valence-electron chi connectivity index (χ4n) is 0.609. The number of aliphatic imine (C=N–C) groups is 2. The van der Waals surface area contributed by atoms with Crippen molar-refractivity contribution in [2.24, 2.45) is 9.98 Å². The molecule has 0 radical (unpaired) electrons. The predicted octanol–water partition coefficient (Wildman–Crippen LogP) is -1.89. The van der Waals surface area contributed by atoms with E-state index in [0.29, 0.717) is 5.73 Å². The molecule has 6 heteroatoms. The fourth-order valence-corrected chi connectivity index (χ4v) is 0.609. The molecule has 0 amide bonds. The van der Waals surface area contributed by atoms with E-state index in [9.17, 15) is 0 Å². The van der Waals surface area contributed by atoms with Crippen LogP contribution >= 0.6 is 0 Å². The lowest BCUT2D eigenvalue weighted by Gasteiger charge is -2.23. The second-order valence-electron chi connectivity index (χ2n) is 2.05. The molecule has 1 heterocycles. The maximum absolute atomic E-state index is 9.02. The average molecular weight is 141 g/mol. The number of rotatable bonds is 0. The van der Waals surface area contributed by atoms with Gasteiger partial charge in [-0.15, -0.1) is 0 Å². The minimum atomic E-state index is -1.00. The van der Waals surface area contributed by atoms with Crippen molar-refractivity contribution in [3.8, 4) is 0 Å². The van der Waals surface area contributed by atoms with Crippen molar-refractivity contribution in [3.63, 3.8) is 0 Å². The molecule has 0 fully saturated rings. The molecule has 0 spiro atoms. The molecule has 1 atom stereocenters. The van der Waals surface area contributed by atoms with Crippen LogP contribution in [0.3, 0.4) is 0 Å². The summed E-state index contributed by atoms with van der Waals surface area (Å²) < 4.78 is 0. The summed E-state index contributed by atoms with van der Waals surface area (Å²) in [6.07, 6.45) is -1.00. The van der Waals surface area contributed by atoms with Crippen molar-refractivity contribution in [3.05, 3.63) is 0 Å². The SMILES string of the molecule is BC1=NC(O)N(C)C(O)=N1.